The quantitative estimate of drug-likeness (QED) is 0.902. The van der Waals surface area contributed by atoms with E-state index in [9.17, 15) is 4.79 Å². The zero-order chi connectivity index (χ0) is 12.4. The minimum atomic E-state index is 0.0378. The largest absolute Gasteiger partial charge is 0.302 e. The van der Waals surface area contributed by atoms with E-state index in [1.807, 2.05) is 26.0 Å². The first-order valence-electron chi connectivity index (χ1n) is 5.71. The van der Waals surface area contributed by atoms with Gasteiger partial charge < -0.3 is 5.32 Å². The molecule has 2 aromatic rings. The fraction of sp³-hybridized carbons (Fsp3) is 0.385. The Kier molecular flexibility index (Phi) is 3.43. The fourth-order valence-electron chi connectivity index (χ4n) is 1.63. The number of carbonyl (C=O) groups is 1. The first kappa shape index (κ1) is 12.0. The molecule has 0 saturated heterocycles. The fourth-order valence-corrected chi connectivity index (χ4v) is 2.61. The van der Waals surface area contributed by atoms with Gasteiger partial charge in [0.15, 0.2) is 5.13 Å². The standard InChI is InChI=1S/C13H16N2OS/c1-8(2)6-12(16)15-13-14-10-5-4-9(3)7-11(10)17-13/h4-5,7-8H,6H2,1-3H3,(H,14,15,16). The van der Waals surface area contributed by atoms with Crippen molar-refractivity contribution in [2.24, 2.45) is 5.92 Å². The highest BCUT2D eigenvalue weighted by Gasteiger charge is 2.09. The Bertz CT molecular complexity index is 545. The van der Waals surface area contributed by atoms with Crippen molar-refractivity contribution in [1.29, 1.82) is 0 Å². The summed E-state index contributed by atoms with van der Waals surface area (Å²) < 4.78 is 1.12. The lowest BCUT2D eigenvalue weighted by molar-refractivity contribution is -0.116. The molecule has 0 bridgehead atoms. The van der Waals surface area contributed by atoms with E-state index >= 15 is 0 Å². The Balaban J connectivity index is 2.17. The first-order valence-corrected chi connectivity index (χ1v) is 6.53. The number of hydrogen-bond acceptors (Lipinski definition) is 3. The van der Waals surface area contributed by atoms with E-state index in [0.717, 1.165) is 10.2 Å². The summed E-state index contributed by atoms with van der Waals surface area (Å²) in [6.07, 6.45) is 0.537. The minimum absolute atomic E-state index is 0.0378. The second kappa shape index (κ2) is 4.84. The number of fused-ring (bicyclic) bond motifs is 1. The lowest BCUT2D eigenvalue weighted by Crippen LogP contribution is -2.13. The number of carbonyl (C=O) groups excluding carboxylic acids is 1. The molecule has 1 N–H and O–H groups in total. The van der Waals surface area contributed by atoms with Crippen LogP contribution in [-0.4, -0.2) is 10.9 Å². The molecule has 1 amide bonds. The molecular weight excluding hydrogens is 232 g/mol. The topological polar surface area (TPSA) is 42.0 Å². The normalized spacial score (nSPS) is 11.1. The van der Waals surface area contributed by atoms with Gasteiger partial charge in [0.05, 0.1) is 10.2 Å². The Morgan fingerprint density at radius 1 is 1.47 bits per heavy atom. The first-order chi connectivity index (χ1) is 8.04. The second-order valence-corrected chi connectivity index (χ2v) is 5.67. The van der Waals surface area contributed by atoms with Gasteiger partial charge in [-0.3, -0.25) is 4.79 Å². The van der Waals surface area contributed by atoms with Crippen molar-refractivity contribution in [2.45, 2.75) is 27.2 Å². The zero-order valence-corrected chi connectivity index (χ0v) is 11.1. The molecule has 3 nitrogen and oxygen atoms in total. The van der Waals surface area contributed by atoms with Crippen molar-refractivity contribution in [3.8, 4) is 0 Å². The number of aryl methyl sites for hydroxylation is 1. The zero-order valence-electron chi connectivity index (χ0n) is 10.3. The lowest BCUT2D eigenvalue weighted by atomic mass is 10.1. The number of nitrogens with one attached hydrogen (secondary N) is 1. The Labute approximate surface area is 105 Å². The van der Waals surface area contributed by atoms with Crippen molar-refractivity contribution in [1.82, 2.24) is 4.98 Å². The van der Waals surface area contributed by atoms with E-state index < -0.39 is 0 Å². The molecule has 17 heavy (non-hydrogen) atoms. The Morgan fingerprint density at radius 2 is 2.24 bits per heavy atom. The summed E-state index contributed by atoms with van der Waals surface area (Å²) in [6.45, 7) is 6.11. The molecule has 0 atom stereocenters. The van der Waals surface area contributed by atoms with Gasteiger partial charge in [0, 0.05) is 6.42 Å². The highest BCUT2D eigenvalue weighted by Crippen LogP contribution is 2.26. The van der Waals surface area contributed by atoms with E-state index in [-0.39, 0.29) is 5.91 Å². The minimum Gasteiger partial charge on any atom is -0.302 e. The van der Waals surface area contributed by atoms with E-state index in [0.29, 0.717) is 17.5 Å². The maximum absolute atomic E-state index is 11.6. The van der Waals surface area contributed by atoms with Crippen molar-refractivity contribution >= 4 is 32.6 Å². The van der Waals surface area contributed by atoms with E-state index in [2.05, 4.69) is 23.3 Å². The predicted octanol–water partition coefficient (Wildman–Crippen LogP) is 3.59. The molecule has 1 aromatic carbocycles. The monoisotopic (exact) mass is 248 g/mol. The lowest BCUT2D eigenvalue weighted by Gasteiger charge is -2.03. The number of rotatable bonds is 3. The Hall–Kier alpha value is -1.42. The third-order valence-corrected chi connectivity index (χ3v) is 3.32. The third kappa shape index (κ3) is 3.03. The molecule has 1 aromatic heterocycles. The smallest absolute Gasteiger partial charge is 0.226 e. The molecule has 2 rings (SSSR count). The molecule has 1 heterocycles. The summed E-state index contributed by atoms with van der Waals surface area (Å²) in [5.74, 6) is 0.405. The van der Waals surface area contributed by atoms with Crippen LogP contribution in [0, 0.1) is 12.8 Å². The number of anilines is 1. The van der Waals surface area contributed by atoms with Crippen molar-refractivity contribution in [2.75, 3.05) is 5.32 Å². The van der Waals surface area contributed by atoms with Crippen LogP contribution >= 0.6 is 11.3 Å². The van der Waals surface area contributed by atoms with E-state index in [1.165, 1.54) is 16.9 Å². The van der Waals surface area contributed by atoms with Crippen molar-refractivity contribution in [3.63, 3.8) is 0 Å². The van der Waals surface area contributed by atoms with Gasteiger partial charge in [-0.25, -0.2) is 4.98 Å². The highest BCUT2D eigenvalue weighted by molar-refractivity contribution is 7.22. The van der Waals surface area contributed by atoms with Crippen LogP contribution in [0.25, 0.3) is 10.2 Å². The molecule has 0 aliphatic rings. The highest BCUT2D eigenvalue weighted by atomic mass is 32.1. The number of thiazole rings is 1. The van der Waals surface area contributed by atoms with Gasteiger partial charge in [0.2, 0.25) is 5.91 Å². The SMILES string of the molecule is Cc1ccc2nc(NC(=O)CC(C)C)sc2c1. The summed E-state index contributed by atoms with van der Waals surface area (Å²) >= 11 is 1.52. The molecule has 0 aliphatic heterocycles. The number of benzene rings is 1. The maximum atomic E-state index is 11.6. The molecule has 0 aliphatic carbocycles. The average Bonchev–Trinajstić information content (AvgIpc) is 2.57. The van der Waals surface area contributed by atoms with Gasteiger partial charge in [0.25, 0.3) is 0 Å². The summed E-state index contributed by atoms with van der Waals surface area (Å²) in [7, 11) is 0. The molecule has 0 saturated carbocycles. The molecule has 4 heteroatoms. The van der Waals surface area contributed by atoms with Crippen LogP contribution in [0.2, 0.25) is 0 Å². The summed E-state index contributed by atoms with van der Waals surface area (Å²) in [5, 5.41) is 3.54. The van der Waals surface area contributed by atoms with Gasteiger partial charge in [-0.15, -0.1) is 0 Å². The van der Waals surface area contributed by atoms with Crippen LogP contribution < -0.4 is 5.32 Å². The van der Waals surface area contributed by atoms with Crippen LogP contribution in [0.15, 0.2) is 18.2 Å². The number of hydrogen-bond donors (Lipinski definition) is 1. The van der Waals surface area contributed by atoms with Crippen molar-refractivity contribution < 1.29 is 4.79 Å². The number of amides is 1. The van der Waals surface area contributed by atoms with Gasteiger partial charge in [-0.2, -0.15) is 0 Å². The van der Waals surface area contributed by atoms with Gasteiger partial charge in [-0.05, 0) is 30.5 Å². The molecular formula is C13H16N2OS. The summed E-state index contributed by atoms with van der Waals surface area (Å²) in [5.41, 5.74) is 2.15. The van der Waals surface area contributed by atoms with Crippen LogP contribution in [-0.2, 0) is 4.79 Å². The van der Waals surface area contributed by atoms with Crippen LogP contribution in [0.5, 0.6) is 0 Å². The number of aromatic nitrogens is 1. The van der Waals surface area contributed by atoms with Gasteiger partial charge in [-0.1, -0.05) is 31.3 Å². The maximum Gasteiger partial charge on any atom is 0.226 e. The number of nitrogens with zero attached hydrogens (tertiary/aromatic N) is 1. The molecule has 0 unspecified atom stereocenters. The summed E-state index contributed by atoms with van der Waals surface area (Å²) in [6, 6.07) is 6.10. The van der Waals surface area contributed by atoms with E-state index in [4.69, 9.17) is 0 Å². The molecule has 90 valence electrons. The molecule has 0 spiro atoms. The predicted molar refractivity (Wildman–Crippen MR) is 72.4 cm³/mol. The van der Waals surface area contributed by atoms with Gasteiger partial charge >= 0.3 is 0 Å². The van der Waals surface area contributed by atoms with Crippen molar-refractivity contribution in [3.05, 3.63) is 23.8 Å². The Morgan fingerprint density at radius 3 is 2.94 bits per heavy atom. The molecule has 0 radical (unpaired) electrons. The average molecular weight is 248 g/mol. The van der Waals surface area contributed by atoms with Crippen LogP contribution in [0.3, 0.4) is 0 Å². The third-order valence-electron chi connectivity index (χ3n) is 2.38. The molecule has 0 fully saturated rings. The second-order valence-electron chi connectivity index (χ2n) is 4.64. The van der Waals surface area contributed by atoms with Gasteiger partial charge in [0.1, 0.15) is 0 Å². The van der Waals surface area contributed by atoms with E-state index in [1.54, 1.807) is 0 Å². The van der Waals surface area contributed by atoms with Crippen LogP contribution in [0.4, 0.5) is 5.13 Å². The van der Waals surface area contributed by atoms with Crippen LogP contribution in [0.1, 0.15) is 25.8 Å². The summed E-state index contributed by atoms with van der Waals surface area (Å²) in [4.78, 5) is 16.0.